The molecule has 0 fully saturated rings. The first kappa shape index (κ1) is 15.5. The first-order chi connectivity index (χ1) is 10.3. The van der Waals surface area contributed by atoms with Gasteiger partial charge in [0, 0.05) is 24.3 Å². The molecule has 0 aliphatic carbocycles. The number of hydrogen-bond donors (Lipinski definition) is 2. The quantitative estimate of drug-likeness (QED) is 0.771. The van der Waals surface area contributed by atoms with Crippen molar-refractivity contribution < 1.29 is 9.84 Å². The van der Waals surface area contributed by atoms with E-state index in [1.807, 2.05) is 24.4 Å². The Hall–Kier alpha value is -1.92. The van der Waals surface area contributed by atoms with E-state index in [1.54, 1.807) is 11.8 Å². The van der Waals surface area contributed by atoms with Crippen LogP contribution in [0.3, 0.4) is 0 Å². The summed E-state index contributed by atoms with van der Waals surface area (Å²) >= 11 is 0. The van der Waals surface area contributed by atoms with Crippen molar-refractivity contribution in [2.75, 3.05) is 13.7 Å². The molecule has 0 radical (unpaired) electrons. The van der Waals surface area contributed by atoms with Crippen LogP contribution in [0.2, 0.25) is 0 Å². The van der Waals surface area contributed by atoms with Gasteiger partial charge < -0.3 is 15.2 Å². The minimum absolute atomic E-state index is 0.0645. The van der Waals surface area contributed by atoms with Gasteiger partial charge in [-0.15, -0.1) is 5.10 Å². The molecule has 21 heavy (non-hydrogen) atoms. The van der Waals surface area contributed by atoms with Crippen LogP contribution in [0.1, 0.15) is 30.6 Å². The van der Waals surface area contributed by atoms with E-state index in [0.29, 0.717) is 13.1 Å². The maximum atomic E-state index is 8.87. The maximum Gasteiger partial charge on any atom is 0.123 e. The molecule has 1 heterocycles. The molecule has 2 rings (SSSR count). The lowest BCUT2D eigenvalue weighted by Crippen LogP contribution is -2.21. The minimum atomic E-state index is 0.0645. The van der Waals surface area contributed by atoms with E-state index < -0.39 is 0 Å². The second-order valence-electron chi connectivity index (χ2n) is 4.78. The number of hydrogen-bond acceptors (Lipinski definition) is 5. The number of aliphatic hydroxyl groups excluding tert-OH is 1. The van der Waals surface area contributed by atoms with Crippen LogP contribution in [0.4, 0.5) is 0 Å². The zero-order chi connectivity index (χ0) is 15.1. The standard InChI is InChI=1S/C15H22N4O2/c1-3-14(13-6-4-5-7-15(13)21-2)16-10-12-11-19(8-9-20)18-17-12/h4-7,11,14,16,20H,3,8-10H2,1-2H3. The van der Waals surface area contributed by atoms with Crippen LogP contribution in [0.25, 0.3) is 0 Å². The third-order valence-electron chi connectivity index (χ3n) is 3.37. The highest BCUT2D eigenvalue weighted by atomic mass is 16.5. The number of aromatic nitrogens is 3. The van der Waals surface area contributed by atoms with Crippen LogP contribution in [-0.2, 0) is 13.1 Å². The van der Waals surface area contributed by atoms with Crippen LogP contribution in [0, 0.1) is 0 Å². The summed E-state index contributed by atoms with van der Waals surface area (Å²) in [7, 11) is 1.69. The molecular formula is C15H22N4O2. The molecule has 1 aromatic heterocycles. The topological polar surface area (TPSA) is 72.2 Å². The smallest absolute Gasteiger partial charge is 0.123 e. The van der Waals surface area contributed by atoms with Crippen molar-refractivity contribution in [3.05, 3.63) is 41.7 Å². The number of ether oxygens (including phenoxy) is 1. The number of nitrogens with zero attached hydrogens (tertiary/aromatic N) is 3. The second kappa shape index (κ2) is 7.75. The van der Waals surface area contributed by atoms with Crippen molar-refractivity contribution in [3.8, 4) is 5.75 Å². The van der Waals surface area contributed by atoms with Gasteiger partial charge in [-0.25, -0.2) is 4.68 Å². The van der Waals surface area contributed by atoms with Gasteiger partial charge in [-0.3, -0.25) is 0 Å². The van der Waals surface area contributed by atoms with E-state index in [1.165, 1.54) is 0 Å². The van der Waals surface area contributed by atoms with Crippen LogP contribution < -0.4 is 10.1 Å². The summed E-state index contributed by atoms with van der Waals surface area (Å²) in [5.41, 5.74) is 2.00. The molecule has 0 spiro atoms. The summed E-state index contributed by atoms with van der Waals surface area (Å²) in [6.07, 6.45) is 2.79. The zero-order valence-electron chi connectivity index (χ0n) is 12.5. The van der Waals surface area contributed by atoms with Crippen LogP contribution in [0.15, 0.2) is 30.5 Å². The highest BCUT2D eigenvalue weighted by molar-refractivity contribution is 5.35. The minimum Gasteiger partial charge on any atom is -0.496 e. The van der Waals surface area contributed by atoms with Crippen molar-refractivity contribution in [1.82, 2.24) is 20.3 Å². The number of benzene rings is 1. The number of methoxy groups -OCH3 is 1. The number of para-hydroxylation sites is 1. The Bertz CT molecular complexity index is 556. The van der Waals surface area contributed by atoms with Gasteiger partial charge in [0.05, 0.1) is 26.0 Å². The molecule has 1 atom stereocenters. The van der Waals surface area contributed by atoms with Gasteiger partial charge in [0.15, 0.2) is 0 Å². The Morgan fingerprint density at radius 1 is 1.38 bits per heavy atom. The van der Waals surface area contributed by atoms with Gasteiger partial charge in [0.1, 0.15) is 5.75 Å². The van der Waals surface area contributed by atoms with E-state index in [4.69, 9.17) is 9.84 Å². The van der Waals surface area contributed by atoms with Crippen molar-refractivity contribution in [2.24, 2.45) is 0 Å². The third-order valence-corrected chi connectivity index (χ3v) is 3.37. The molecule has 0 aliphatic heterocycles. The highest BCUT2D eigenvalue weighted by Gasteiger charge is 2.14. The fourth-order valence-electron chi connectivity index (χ4n) is 2.29. The van der Waals surface area contributed by atoms with E-state index in [0.717, 1.165) is 23.4 Å². The Balaban J connectivity index is 2.01. The van der Waals surface area contributed by atoms with E-state index >= 15 is 0 Å². The molecule has 0 bridgehead atoms. The monoisotopic (exact) mass is 290 g/mol. The first-order valence-electron chi connectivity index (χ1n) is 7.14. The molecule has 6 nitrogen and oxygen atoms in total. The Labute approximate surface area is 124 Å². The third kappa shape index (κ3) is 4.03. The largest absolute Gasteiger partial charge is 0.496 e. The normalized spacial score (nSPS) is 12.3. The molecule has 0 aliphatic rings. The van der Waals surface area contributed by atoms with Gasteiger partial charge in [-0.2, -0.15) is 0 Å². The number of aliphatic hydroxyl groups is 1. The van der Waals surface area contributed by atoms with Crippen molar-refractivity contribution >= 4 is 0 Å². The molecule has 0 amide bonds. The fourth-order valence-corrected chi connectivity index (χ4v) is 2.29. The molecule has 1 unspecified atom stereocenters. The summed E-state index contributed by atoms with van der Waals surface area (Å²) in [6.45, 7) is 3.29. The van der Waals surface area contributed by atoms with E-state index in [9.17, 15) is 0 Å². The number of nitrogens with one attached hydrogen (secondary N) is 1. The number of rotatable bonds is 8. The Morgan fingerprint density at radius 3 is 2.90 bits per heavy atom. The summed E-state index contributed by atoms with van der Waals surface area (Å²) in [6, 6.07) is 8.22. The summed E-state index contributed by atoms with van der Waals surface area (Å²) in [5, 5.41) is 20.4. The van der Waals surface area contributed by atoms with Crippen molar-refractivity contribution in [1.29, 1.82) is 0 Å². The van der Waals surface area contributed by atoms with Gasteiger partial charge in [-0.1, -0.05) is 30.3 Å². The lowest BCUT2D eigenvalue weighted by molar-refractivity contribution is 0.268. The Kier molecular flexibility index (Phi) is 5.71. The van der Waals surface area contributed by atoms with Crippen LogP contribution in [0.5, 0.6) is 5.75 Å². The van der Waals surface area contributed by atoms with Crippen LogP contribution in [-0.4, -0.2) is 33.8 Å². The molecule has 2 aromatic rings. The lowest BCUT2D eigenvalue weighted by Gasteiger charge is -2.19. The SMILES string of the molecule is CCC(NCc1cn(CCO)nn1)c1ccccc1OC. The van der Waals surface area contributed by atoms with E-state index in [2.05, 4.69) is 28.6 Å². The van der Waals surface area contributed by atoms with Gasteiger partial charge in [0.25, 0.3) is 0 Å². The summed E-state index contributed by atoms with van der Waals surface area (Å²) < 4.78 is 7.06. The molecular weight excluding hydrogens is 268 g/mol. The van der Waals surface area contributed by atoms with Gasteiger partial charge in [-0.05, 0) is 12.5 Å². The van der Waals surface area contributed by atoms with Crippen LogP contribution >= 0.6 is 0 Å². The fraction of sp³-hybridized carbons (Fsp3) is 0.467. The average Bonchev–Trinajstić information content (AvgIpc) is 2.96. The van der Waals surface area contributed by atoms with Gasteiger partial charge in [0.2, 0.25) is 0 Å². The zero-order valence-corrected chi connectivity index (χ0v) is 12.5. The molecule has 0 saturated carbocycles. The van der Waals surface area contributed by atoms with Crippen molar-refractivity contribution in [2.45, 2.75) is 32.5 Å². The lowest BCUT2D eigenvalue weighted by atomic mass is 10.0. The van der Waals surface area contributed by atoms with Gasteiger partial charge >= 0.3 is 0 Å². The summed E-state index contributed by atoms with van der Waals surface area (Å²) in [4.78, 5) is 0. The molecule has 114 valence electrons. The summed E-state index contributed by atoms with van der Waals surface area (Å²) in [5.74, 6) is 0.890. The Morgan fingerprint density at radius 2 is 2.19 bits per heavy atom. The molecule has 6 heteroatoms. The predicted molar refractivity (Wildman–Crippen MR) is 80.0 cm³/mol. The predicted octanol–water partition coefficient (Wildman–Crippen LogP) is 1.52. The highest BCUT2D eigenvalue weighted by Crippen LogP contribution is 2.26. The average molecular weight is 290 g/mol. The molecule has 1 aromatic carbocycles. The molecule has 2 N–H and O–H groups in total. The maximum absolute atomic E-state index is 8.87. The van der Waals surface area contributed by atoms with E-state index in [-0.39, 0.29) is 12.6 Å². The first-order valence-corrected chi connectivity index (χ1v) is 7.14. The molecule has 0 saturated heterocycles. The van der Waals surface area contributed by atoms with Crippen molar-refractivity contribution in [3.63, 3.8) is 0 Å². The second-order valence-corrected chi connectivity index (χ2v) is 4.78.